The SMILES string of the molecule is CCOP(=O)(OCC)C(Cc1nc(Cc2ccc(-c3ccc(Cl)cc3)cc2)no1)C(=O)OC(C)(C)C. The van der Waals surface area contributed by atoms with Crippen LogP contribution in [0.2, 0.25) is 5.02 Å². The van der Waals surface area contributed by atoms with Gasteiger partial charge in [-0.1, -0.05) is 53.2 Å². The van der Waals surface area contributed by atoms with E-state index in [9.17, 15) is 9.36 Å². The molecule has 10 heteroatoms. The van der Waals surface area contributed by atoms with E-state index in [0.717, 1.165) is 16.7 Å². The zero-order valence-electron chi connectivity index (χ0n) is 21.2. The van der Waals surface area contributed by atoms with Crippen molar-refractivity contribution in [3.8, 4) is 11.1 Å². The van der Waals surface area contributed by atoms with E-state index in [1.807, 2.05) is 48.5 Å². The molecule has 3 aromatic rings. The molecule has 0 aliphatic rings. The number of hydrogen-bond acceptors (Lipinski definition) is 8. The first-order valence-corrected chi connectivity index (χ1v) is 13.8. The lowest BCUT2D eigenvalue weighted by molar-refractivity contribution is -0.154. The maximum atomic E-state index is 13.5. The minimum atomic E-state index is -3.84. The Kier molecular flexibility index (Phi) is 9.47. The van der Waals surface area contributed by atoms with Gasteiger partial charge in [0.05, 0.1) is 19.6 Å². The molecule has 36 heavy (non-hydrogen) atoms. The molecule has 1 heterocycles. The van der Waals surface area contributed by atoms with Gasteiger partial charge in [-0.15, -0.1) is 0 Å². The summed E-state index contributed by atoms with van der Waals surface area (Å²) in [5.74, 6) is -0.113. The second-order valence-corrected chi connectivity index (χ2v) is 11.8. The standard InChI is InChI=1S/C26H32ClN2O6P/c1-6-32-36(31,33-7-2)22(25(30)34-26(3,4)5)17-24-28-23(29-35-24)16-18-8-10-19(11-9-18)20-12-14-21(27)15-13-20/h8-15,22H,6-7,16-17H2,1-5H3. The average molecular weight is 535 g/mol. The maximum absolute atomic E-state index is 13.5. The summed E-state index contributed by atoms with van der Waals surface area (Å²) in [5, 5.41) is 4.73. The molecule has 0 fully saturated rings. The summed E-state index contributed by atoms with van der Waals surface area (Å²) >= 11 is 5.97. The van der Waals surface area contributed by atoms with E-state index in [1.54, 1.807) is 34.6 Å². The third kappa shape index (κ3) is 7.74. The lowest BCUT2D eigenvalue weighted by Gasteiger charge is -2.27. The minimum absolute atomic E-state index is 0.109. The van der Waals surface area contributed by atoms with Crippen molar-refractivity contribution >= 4 is 25.2 Å². The topological polar surface area (TPSA) is 101 Å². The Morgan fingerprint density at radius 2 is 1.56 bits per heavy atom. The Balaban J connectivity index is 1.76. The first-order chi connectivity index (χ1) is 17.0. The second kappa shape index (κ2) is 12.2. The number of ether oxygens (including phenoxy) is 1. The molecule has 0 saturated heterocycles. The van der Waals surface area contributed by atoms with Crippen molar-refractivity contribution in [1.82, 2.24) is 10.1 Å². The second-order valence-electron chi connectivity index (χ2n) is 9.11. The van der Waals surface area contributed by atoms with E-state index in [0.29, 0.717) is 17.3 Å². The van der Waals surface area contributed by atoms with Crippen LogP contribution in [0.15, 0.2) is 53.1 Å². The summed E-state index contributed by atoms with van der Waals surface area (Å²) in [6.07, 6.45) is 0.296. The molecule has 0 amide bonds. The van der Waals surface area contributed by atoms with Crippen LogP contribution < -0.4 is 0 Å². The maximum Gasteiger partial charge on any atom is 0.345 e. The van der Waals surface area contributed by atoms with Gasteiger partial charge >= 0.3 is 13.6 Å². The van der Waals surface area contributed by atoms with Crippen molar-refractivity contribution in [2.24, 2.45) is 0 Å². The smallest absolute Gasteiger partial charge is 0.345 e. The Bertz CT molecular complexity index is 1180. The number of carbonyl (C=O) groups is 1. The molecule has 1 aromatic heterocycles. The highest BCUT2D eigenvalue weighted by Gasteiger charge is 2.44. The van der Waals surface area contributed by atoms with Gasteiger partial charge in [0.15, 0.2) is 11.5 Å². The number of benzene rings is 2. The summed E-state index contributed by atoms with van der Waals surface area (Å²) in [4.78, 5) is 17.4. The Morgan fingerprint density at radius 1 is 1.00 bits per heavy atom. The monoisotopic (exact) mass is 534 g/mol. The highest BCUT2D eigenvalue weighted by Crippen LogP contribution is 2.54. The normalized spacial score (nSPS) is 12.9. The zero-order valence-corrected chi connectivity index (χ0v) is 22.8. The van der Waals surface area contributed by atoms with Gasteiger partial charge in [-0.3, -0.25) is 9.36 Å². The molecule has 0 bridgehead atoms. The molecule has 194 valence electrons. The third-order valence-corrected chi connectivity index (χ3v) is 7.70. The van der Waals surface area contributed by atoms with Crippen molar-refractivity contribution in [1.29, 1.82) is 0 Å². The molecule has 0 radical (unpaired) electrons. The summed E-state index contributed by atoms with van der Waals surface area (Å²) in [7, 11) is -3.84. The molecule has 8 nitrogen and oxygen atoms in total. The number of rotatable bonds is 11. The van der Waals surface area contributed by atoms with Crippen molar-refractivity contribution < 1.29 is 27.7 Å². The van der Waals surface area contributed by atoms with Gasteiger partial charge in [-0.2, -0.15) is 4.98 Å². The predicted octanol–water partition coefficient (Wildman–Crippen LogP) is 6.50. The molecule has 3 rings (SSSR count). The van der Waals surface area contributed by atoms with Crippen molar-refractivity contribution in [3.63, 3.8) is 0 Å². The van der Waals surface area contributed by atoms with Gasteiger partial charge in [-0.05, 0) is 63.4 Å². The molecule has 0 N–H and O–H groups in total. The molecule has 0 spiro atoms. The largest absolute Gasteiger partial charge is 0.459 e. The summed E-state index contributed by atoms with van der Waals surface area (Å²) in [6, 6.07) is 15.6. The van der Waals surface area contributed by atoms with Crippen LogP contribution >= 0.6 is 19.2 Å². The molecular formula is C26H32ClN2O6P. The summed E-state index contributed by atoms with van der Waals surface area (Å²) in [6.45, 7) is 8.78. The van der Waals surface area contributed by atoms with Gasteiger partial charge in [0.1, 0.15) is 5.60 Å². The average Bonchev–Trinajstić information content (AvgIpc) is 3.24. The van der Waals surface area contributed by atoms with Crippen molar-refractivity contribution in [3.05, 3.63) is 70.8 Å². The van der Waals surface area contributed by atoms with Crippen LogP contribution in [0.3, 0.4) is 0 Å². The van der Waals surface area contributed by atoms with Gasteiger partial charge in [0.2, 0.25) is 5.89 Å². The van der Waals surface area contributed by atoms with Crippen molar-refractivity contribution in [2.75, 3.05) is 13.2 Å². The van der Waals surface area contributed by atoms with Crippen LogP contribution in [-0.4, -0.2) is 40.6 Å². The number of aromatic nitrogens is 2. The predicted molar refractivity (Wildman–Crippen MR) is 138 cm³/mol. The van der Waals surface area contributed by atoms with Crippen LogP contribution in [0.4, 0.5) is 0 Å². The van der Waals surface area contributed by atoms with E-state index < -0.39 is 24.8 Å². The lowest BCUT2D eigenvalue weighted by atomic mass is 10.0. The van der Waals surface area contributed by atoms with Crippen LogP contribution in [0.25, 0.3) is 11.1 Å². The highest BCUT2D eigenvalue weighted by atomic mass is 35.5. The molecule has 0 saturated carbocycles. The fourth-order valence-electron chi connectivity index (χ4n) is 3.52. The van der Waals surface area contributed by atoms with E-state index in [4.69, 9.17) is 29.9 Å². The number of halogens is 1. The van der Waals surface area contributed by atoms with Crippen LogP contribution in [0.5, 0.6) is 0 Å². The van der Waals surface area contributed by atoms with E-state index in [-0.39, 0.29) is 25.5 Å². The summed E-state index contributed by atoms with van der Waals surface area (Å²) in [5.41, 5.74) is 1.10. The van der Waals surface area contributed by atoms with Gasteiger partial charge < -0.3 is 18.3 Å². The van der Waals surface area contributed by atoms with Crippen molar-refractivity contribution in [2.45, 2.75) is 58.7 Å². The molecule has 0 aliphatic carbocycles. The lowest BCUT2D eigenvalue weighted by Crippen LogP contribution is -2.34. The van der Waals surface area contributed by atoms with E-state index in [1.165, 1.54) is 0 Å². The van der Waals surface area contributed by atoms with Gasteiger partial charge in [0, 0.05) is 11.4 Å². The van der Waals surface area contributed by atoms with E-state index >= 15 is 0 Å². The molecular weight excluding hydrogens is 503 g/mol. The van der Waals surface area contributed by atoms with Gasteiger partial charge in [-0.25, -0.2) is 0 Å². The first-order valence-electron chi connectivity index (χ1n) is 11.8. The molecule has 1 atom stereocenters. The number of esters is 1. The number of nitrogens with zero attached hydrogens (tertiary/aromatic N) is 2. The zero-order chi connectivity index (χ0) is 26.3. The third-order valence-electron chi connectivity index (χ3n) is 5.05. The number of hydrogen-bond donors (Lipinski definition) is 0. The Hall–Kier alpha value is -2.51. The van der Waals surface area contributed by atoms with Gasteiger partial charge in [0.25, 0.3) is 0 Å². The number of carbonyl (C=O) groups excluding carboxylic acids is 1. The molecule has 2 aromatic carbocycles. The molecule has 1 unspecified atom stereocenters. The fourth-order valence-corrected chi connectivity index (χ4v) is 5.49. The highest BCUT2D eigenvalue weighted by molar-refractivity contribution is 7.55. The fraction of sp³-hybridized carbons (Fsp3) is 0.423. The van der Waals surface area contributed by atoms with Crippen LogP contribution in [0, 0.1) is 0 Å². The Labute approximate surface area is 216 Å². The quantitative estimate of drug-likeness (QED) is 0.203. The molecule has 0 aliphatic heterocycles. The minimum Gasteiger partial charge on any atom is -0.459 e. The first kappa shape index (κ1) is 28.1. The van der Waals surface area contributed by atoms with Crippen LogP contribution in [0.1, 0.15) is 51.9 Å². The van der Waals surface area contributed by atoms with E-state index in [2.05, 4.69) is 10.1 Å². The van der Waals surface area contributed by atoms with Crippen LogP contribution in [-0.2, 0) is 36.0 Å². The summed E-state index contributed by atoms with van der Waals surface area (Å²) < 4.78 is 35.2. The Morgan fingerprint density at radius 3 is 2.08 bits per heavy atom.